The zero-order chi connectivity index (χ0) is 22.5. The molecule has 0 bridgehead atoms. The molecule has 0 aliphatic rings. The summed E-state index contributed by atoms with van der Waals surface area (Å²) in [6.45, 7) is 1.34. The summed E-state index contributed by atoms with van der Waals surface area (Å²) in [7, 11) is 0. The molecule has 0 aliphatic carbocycles. The first kappa shape index (κ1) is 20.4. The van der Waals surface area contributed by atoms with Gasteiger partial charge in [0, 0.05) is 0 Å². The van der Waals surface area contributed by atoms with Gasteiger partial charge in [-0.05, 0) is 31.2 Å². The van der Waals surface area contributed by atoms with Gasteiger partial charge in [0.15, 0.2) is 5.69 Å². The number of halogens is 3. The van der Waals surface area contributed by atoms with E-state index in [0.717, 1.165) is 30.9 Å². The predicted molar refractivity (Wildman–Crippen MR) is 120 cm³/mol. The van der Waals surface area contributed by atoms with Crippen molar-refractivity contribution in [2.24, 2.45) is 5.10 Å². The summed E-state index contributed by atoms with van der Waals surface area (Å²) < 4.78 is 43.7. The van der Waals surface area contributed by atoms with Crippen molar-refractivity contribution in [3.63, 3.8) is 0 Å². The standard InChI is InChI=1S/C20H13F3N6OS2/c1-10(26-27-18-24-11-6-2-4-8-13(11)31-18)15-16(20(21,22)23)28-29(17(15)30)19-25-12-7-3-5-9-14(12)32-19/h2-9,28H,1H3,(H,24,27)/b26-10+. The minimum atomic E-state index is -4.79. The van der Waals surface area contributed by atoms with Gasteiger partial charge in [-0.2, -0.15) is 23.0 Å². The van der Waals surface area contributed by atoms with Crippen molar-refractivity contribution < 1.29 is 13.2 Å². The number of nitrogens with one attached hydrogen (secondary N) is 2. The highest BCUT2D eigenvalue weighted by Crippen LogP contribution is 2.31. The first-order valence-electron chi connectivity index (χ1n) is 9.25. The molecule has 5 rings (SSSR count). The lowest BCUT2D eigenvalue weighted by molar-refractivity contribution is -0.141. The molecule has 2 N–H and O–H groups in total. The van der Waals surface area contributed by atoms with Crippen LogP contribution in [-0.4, -0.2) is 25.5 Å². The fraction of sp³-hybridized carbons (Fsp3) is 0.100. The number of nitrogens with zero attached hydrogens (tertiary/aromatic N) is 4. The summed E-state index contributed by atoms with van der Waals surface area (Å²) in [5, 5.41) is 6.70. The number of hydrogen-bond donors (Lipinski definition) is 2. The maximum Gasteiger partial charge on any atom is 0.433 e. The van der Waals surface area contributed by atoms with E-state index < -0.39 is 23.0 Å². The molecule has 0 radical (unpaired) electrons. The van der Waals surface area contributed by atoms with Crippen LogP contribution < -0.4 is 11.0 Å². The van der Waals surface area contributed by atoms with Crippen molar-refractivity contribution in [2.45, 2.75) is 13.1 Å². The van der Waals surface area contributed by atoms with Gasteiger partial charge in [-0.25, -0.2) is 9.97 Å². The van der Waals surface area contributed by atoms with E-state index in [1.54, 1.807) is 24.3 Å². The van der Waals surface area contributed by atoms with E-state index in [1.165, 1.54) is 18.3 Å². The minimum absolute atomic E-state index is 0.111. The van der Waals surface area contributed by atoms with Gasteiger partial charge in [0.05, 0.1) is 31.7 Å². The Morgan fingerprint density at radius 1 is 1.03 bits per heavy atom. The second-order valence-corrected chi connectivity index (χ2v) is 8.80. The lowest BCUT2D eigenvalue weighted by atomic mass is 10.1. The summed E-state index contributed by atoms with van der Waals surface area (Å²) in [6.07, 6.45) is -4.79. The number of thiazole rings is 2. The number of benzene rings is 2. The third kappa shape index (κ3) is 3.56. The molecule has 12 heteroatoms. The molecule has 5 aromatic rings. The van der Waals surface area contributed by atoms with Gasteiger partial charge < -0.3 is 0 Å². The number of aromatic amines is 1. The van der Waals surface area contributed by atoms with E-state index in [1.807, 2.05) is 24.3 Å². The van der Waals surface area contributed by atoms with Gasteiger partial charge in [-0.1, -0.05) is 46.9 Å². The van der Waals surface area contributed by atoms with E-state index in [2.05, 4.69) is 25.6 Å². The van der Waals surface area contributed by atoms with Crippen LogP contribution in [-0.2, 0) is 6.18 Å². The molecule has 7 nitrogen and oxygen atoms in total. The normalized spacial score (nSPS) is 12.7. The zero-order valence-corrected chi connectivity index (χ0v) is 17.9. The van der Waals surface area contributed by atoms with Crippen LogP contribution in [0.3, 0.4) is 0 Å². The van der Waals surface area contributed by atoms with Crippen LogP contribution in [0.1, 0.15) is 18.2 Å². The fourth-order valence-electron chi connectivity index (χ4n) is 3.18. The lowest BCUT2D eigenvalue weighted by Gasteiger charge is -2.06. The Bertz CT molecular complexity index is 1480. The second kappa shape index (κ2) is 7.57. The number of alkyl halides is 3. The number of rotatable bonds is 4. The molecule has 0 unspecified atom stereocenters. The third-order valence-corrected chi connectivity index (χ3v) is 6.59. The Morgan fingerprint density at radius 2 is 1.66 bits per heavy atom. The van der Waals surface area contributed by atoms with Crippen LogP contribution in [0, 0.1) is 0 Å². The van der Waals surface area contributed by atoms with E-state index in [-0.39, 0.29) is 10.8 Å². The van der Waals surface area contributed by atoms with Crippen LogP contribution in [0.25, 0.3) is 25.6 Å². The van der Waals surface area contributed by atoms with Crippen molar-refractivity contribution in [2.75, 3.05) is 5.43 Å². The molecule has 32 heavy (non-hydrogen) atoms. The highest BCUT2D eigenvalue weighted by Gasteiger charge is 2.39. The fourth-order valence-corrected chi connectivity index (χ4v) is 4.91. The van der Waals surface area contributed by atoms with Crippen LogP contribution in [0.5, 0.6) is 0 Å². The van der Waals surface area contributed by atoms with Gasteiger partial charge in [0.1, 0.15) is 0 Å². The largest absolute Gasteiger partial charge is 0.433 e. The number of fused-ring (bicyclic) bond motifs is 2. The highest BCUT2D eigenvalue weighted by atomic mass is 32.1. The van der Waals surface area contributed by atoms with Crippen LogP contribution in [0.4, 0.5) is 18.3 Å². The average molecular weight is 474 g/mol. The topological polar surface area (TPSA) is 88.0 Å². The Hall–Kier alpha value is -3.51. The number of para-hydroxylation sites is 2. The van der Waals surface area contributed by atoms with Gasteiger partial charge in [0.2, 0.25) is 10.3 Å². The summed E-state index contributed by atoms with van der Waals surface area (Å²) in [4.78, 5) is 21.6. The Kier molecular flexibility index (Phi) is 4.82. The van der Waals surface area contributed by atoms with Crippen molar-refractivity contribution in [1.82, 2.24) is 19.7 Å². The van der Waals surface area contributed by atoms with Crippen LogP contribution in [0.2, 0.25) is 0 Å². The van der Waals surface area contributed by atoms with Gasteiger partial charge in [-0.15, -0.1) is 0 Å². The molecule has 0 atom stereocenters. The molecule has 0 spiro atoms. The van der Waals surface area contributed by atoms with E-state index in [9.17, 15) is 18.0 Å². The number of hydrazone groups is 1. The highest BCUT2D eigenvalue weighted by molar-refractivity contribution is 7.22. The lowest BCUT2D eigenvalue weighted by Crippen LogP contribution is -2.21. The Labute approximate surface area is 185 Å². The third-order valence-electron chi connectivity index (χ3n) is 4.62. The molecular formula is C20H13F3N6OS2. The summed E-state index contributed by atoms with van der Waals surface area (Å²) in [6, 6.07) is 14.4. The monoisotopic (exact) mass is 474 g/mol. The van der Waals surface area contributed by atoms with Crippen molar-refractivity contribution in [3.05, 3.63) is 70.1 Å². The molecule has 3 aromatic heterocycles. The quantitative estimate of drug-likeness (QED) is 0.275. The first-order chi connectivity index (χ1) is 15.3. The predicted octanol–water partition coefficient (Wildman–Crippen LogP) is 5.24. The minimum Gasteiger partial charge on any atom is -0.284 e. The molecule has 0 amide bonds. The number of anilines is 1. The summed E-state index contributed by atoms with van der Waals surface area (Å²) >= 11 is 2.41. The maximum atomic E-state index is 13.7. The van der Waals surface area contributed by atoms with Gasteiger partial charge in [-0.3, -0.25) is 15.3 Å². The van der Waals surface area contributed by atoms with Crippen molar-refractivity contribution >= 4 is 54.0 Å². The van der Waals surface area contributed by atoms with Crippen LogP contribution in [0.15, 0.2) is 58.4 Å². The smallest absolute Gasteiger partial charge is 0.284 e. The zero-order valence-electron chi connectivity index (χ0n) is 16.3. The average Bonchev–Trinajstić information content (AvgIpc) is 3.45. The maximum absolute atomic E-state index is 13.7. The Morgan fingerprint density at radius 3 is 2.28 bits per heavy atom. The first-order valence-corrected chi connectivity index (χ1v) is 10.9. The molecule has 0 saturated heterocycles. The molecule has 162 valence electrons. The van der Waals surface area contributed by atoms with Crippen molar-refractivity contribution in [1.29, 1.82) is 0 Å². The summed E-state index contributed by atoms with van der Waals surface area (Å²) in [5.41, 5.74) is 1.21. The van der Waals surface area contributed by atoms with E-state index >= 15 is 0 Å². The molecule has 2 aromatic carbocycles. The SMILES string of the molecule is C/C(=N\Nc1nc2ccccc2s1)c1c(C(F)(F)F)[nH]n(-c2nc3ccccc3s2)c1=O. The molecule has 3 heterocycles. The Balaban J connectivity index is 1.57. The van der Waals surface area contributed by atoms with E-state index in [4.69, 9.17) is 0 Å². The van der Waals surface area contributed by atoms with Crippen LogP contribution >= 0.6 is 22.7 Å². The molecule has 0 aliphatic heterocycles. The number of aromatic nitrogens is 4. The molecule has 0 fully saturated rings. The number of H-pyrrole nitrogens is 1. The number of hydrogen-bond acceptors (Lipinski definition) is 7. The van der Waals surface area contributed by atoms with Gasteiger partial charge >= 0.3 is 6.18 Å². The molecule has 0 saturated carbocycles. The summed E-state index contributed by atoms with van der Waals surface area (Å²) in [5.74, 6) is 0. The van der Waals surface area contributed by atoms with E-state index in [0.29, 0.717) is 10.6 Å². The van der Waals surface area contributed by atoms with Gasteiger partial charge in [0.25, 0.3) is 5.56 Å². The second-order valence-electron chi connectivity index (χ2n) is 6.76. The van der Waals surface area contributed by atoms with Crippen molar-refractivity contribution in [3.8, 4) is 5.13 Å². The molecular weight excluding hydrogens is 461 g/mol.